The van der Waals surface area contributed by atoms with Gasteiger partial charge in [0, 0.05) is 38.9 Å². The largest absolute Gasteiger partial charge is 0.445 e. The van der Waals surface area contributed by atoms with Gasteiger partial charge in [-0.25, -0.2) is 9.59 Å². The summed E-state index contributed by atoms with van der Waals surface area (Å²) < 4.78 is 16.8. The third-order valence-electron chi connectivity index (χ3n) is 7.05. The van der Waals surface area contributed by atoms with Crippen LogP contribution in [0.4, 0.5) is 9.59 Å². The van der Waals surface area contributed by atoms with Crippen LogP contribution in [0, 0.1) is 17.8 Å². The van der Waals surface area contributed by atoms with Crippen molar-refractivity contribution >= 4 is 12.2 Å². The number of fused-ring (bicyclic) bond motifs is 1. The van der Waals surface area contributed by atoms with E-state index in [0.717, 1.165) is 51.0 Å². The van der Waals surface area contributed by atoms with Crippen LogP contribution >= 0.6 is 0 Å². The van der Waals surface area contributed by atoms with Crippen molar-refractivity contribution in [2.45, 2.75) is 64.7 Å². The smallest absolute Gasteiger partial charge is 0.410 e. The van der Waals surface area contributed by atoms with Crippen molar-refractivity contribution in [1.82, 2.24) is 9.80 Å². The second-order valence-electron chi connectivity index (χ2n) is 10.8. The monoisotopic (exact) mass is 458 g/mol. The number of rotatable bonds is 5. The molecule has 2 amide bonds. The molecule has 3 aliphatic rings. The van der Waals surface area contributed by atoms with Crippen LogP contribution in [0.5, 0.6) is 0 Å². The number of nitrogens with zero attached hydrogens (tertiary/aromatic N) is 2. The van der Waals surface area contributed by atoms with Crippen molar-refractivity contribution in [2.75, 3.05) is 32.8 Å². The molecule has 0 aromatic heterocycles. The maximum Gasteiger partial charge on any atom is 0.410 e. The van der Waals surface area contributed by atoms with Crippen molar-refractivity contribution in [3.63, 3.8) is 0 Å². The summed E-state index contributed by atoms with van der Waals surface area (Å²) in [6.07, 6.45) is 3.33. The fourth-order valence-corrected chi connectivity index (χ4v) is 5.38. The average Bonchev–Trinajstić information content (AvgIpc) is 3.36. The van der Waals surface area contributed by atoms with Gasteiger partial charge in [-0.1, -0.05) is 30.3 Å². The van der Waals surface area contributed by atoms with E-state index in [2.05, 4.69) is 0 Å². The standard InChI is InChI=1S/C26H38N2O5/c1-26(2,3)33-24(29)27-16-21-13-23(14-22(21)17-27)28(15-19-9-11-31-12-10-19)25(30)32-18-20-7-5-4-6-8-20/h4-8,19,21-23H,9-18H2,1-3H3. The molecule has 3 fully saturated rings. The summed E-state index contributed by atoms with van der Waals surface area (Å²) in [5, 5.41) is 0. The fourth-order valence-electron chi connectivity index (χ4n) is 5.38. The zero-order valence-electron chi connectivity index (χ0n) is 20.2. The molecule has 2 heterocycles. The van der Waals surface area contributed by atoms with Crippen molar-refractivity contribution < 1.29 is 23.8 Å². The zero-order chi connectivity index (χ0) is 23.4. The number of hydrogen-bond donors (Lipinski definition) is 0. The maximum absolute atomic E-state index is 13.2. The van der Waals surface area contributed by atoms with Crippen LogP contribution < -0.4 is 0 Å². The van der Waals surface area contributed by atoms with Crippen LogP contribution in [-0.4, -0.2) is 66.5 Å². The third-order valence-corrected chi connectivity index (χ3v) is 7.05. The Morgan fingerprint density at radius 2 is 1.70 bits per heavy atom. The Morgan fingerprint density at radius 1 is 1.06 bits per heavy atom. The molecule has 182 valence electrons. The van der Waals surface area contributed by atoms with Gasteiger partial charge < -0.3 is 24.0 Å². The lowest BCUT2D eigenvalue weighted by molar-refractivity contribution is 0.0251. The molecular weight excluding hydrogens is 420 g/mol. The van der Waals surface area contributed by atoms with Gasteiger partial charge in [0.2, 0.25) is 0 Å². The highest BCUT2D eigenvalue weighted by atomic mass is 16.6. The summed E-state index contributed by atoms with van der Waals surface area (Å²) in [7, 11) is 0. The first-order valence-electron chi connectivity index (χ1n) is 12.3. The molecule has 1 aliphatic carbocycles. The molecule has 0 bridgehead atoms. The SMILES string of the molecule is CC(C)(C)OC(=O)N1CC2CC(N(CC3CCOCC3)C(=O)OCc3ccccc3)CC2C1. The number of benzene rings is 1. The molecule has 0 radical (unpaired) electrons. The van der Waals surface area contributed by atoms with Gasteiger partial charge in [-0.3, -0.25) is 0 Å². The van der Waals surface area contributed by atoms with Crippen LogP contribution in [0.25, 0.3) is 0 Å². The summed E-state index contributed by atoms with van der Waals surface area (Å²) in [5.41, 5.74) is 0.508. The summed E-state index contributed by atoms with van der Waals surface area (Å²) in [4.78, 5) is 29.5. The normalized spacial score (nSPS) is 25.5. The molecule has 2 unspecified atom stereocenters. The quantitative estimate of drug-likeness (QED) is 0.640. The number of carbonyl (C=O) groups excluding carboxylic acids is 2. The van der Waals surface area contributed by atoms with Gasteiger partial charge in [0.15, 0.2) is 0 Å². The molecule has 2 aliphatic heterocycles. The Kier molecular flexibility index (Phi) is 7.47. The van der Waals surface area contributed by atoms with E-state index in [9.17, 15) is 9.59 Å². The molecule has 7 nitrogen and oxygen atoms in total. The molecule has 2 atom stereocenters. The van der Waals surface area contributed by atoms with Gasteiger partial charge in [0.1, 0.15) is 12.2 Å². The van der Waals surface area contributed by atoms with Crippen LogP contribution in [-0.2, 0) is 20.8 Å². The Labute approximate surface area is 197 Å². The second kappa shape index (κ2) is 10.3. The van der Waals surface area contributed by atoms with E-state index in [1.165, 1.54) is 0 Å². The number of likely N-dealkylation sites (tertiary alicyclic amines) is 1. The van der Waals surface area contributed by atoms with Crippen molar-refractivity contribution in [3.8, 4) is 0 Å². The number of ether oxygens (including phenoxy) is 3. The van der Waals surface area contributed by atoms with E-state index in [4.69, 9.17) is 14.2 Å². The molecule has 4 rings (SSSR count). The average molecular weight is 459 g/mol. The molecule has 1 saturated carbocycles. The lowest BCUT2D eigenvalue weighted by Gasteiger charge is -2.34. The van der Waals surface area contributed by atoms with E-state index in [-0.39, 0.29) is 24.8 Å². The topological polar surface area (TPSA) is 68.3 Å². The van der Waals surface area contributed by atoms with E-state index in [1.807, 2.05) is 60.9 Å². The van der Waals surface area contributed by atoms with Crippen LogP contribution in [0.2, 0.25) is 0 Å². The van der Waals surface area contributed by atoms with Crippen LogP contribution in [0.15, 0.2) is 30.3 Å². The van der Waals surface area contributed by atoms with E-state index < -0.39 is 5.60 Å². The Bertz CT molecular complexity index is 789. The van der Waals surface area contributed by atoms with Gasteiger partial charge in [-0.15, -0.1) is 0 Å². The van der Waals surface area contributed by atoms with Crippen molar-refractivity contribution in [3.05, 3.63) is 35.9 Å². The highest BCUT2D eigenvalue weighted by Gasteiger charge is 2.46. The zero-order valence-corrected chi connectivity index (χ0v) is 20.2. The minimum absolute atomic E-state index is 0.159. The van der Waals surface area contributed by atoms with Crippen molar-refractivity contribution in [2.24, 2.45) is 17.8 Å². The highest BCUT2D eigenvalue weighted by Crippen LogP contribution is 2.41. The predicted octanol–water partition coefficient (Wildman–Crippen LogP) is 4.70. The van der Waals surface area contributed by atoms with Gasteiger partial charge in [0.25, 0.3) is 0 Å². The van der Waals surface area contributed by atoms with E-state index in [1.54, 1.807) is 0 Å². The molecule has 1 aromatic rings. The minimum Gasteiger partial charge on any atom is -0.445 e. The maximum atomic E-state index is 13.2. The summed E-state index contributed by atoms with van der Waals surface area (Å²) in [5.74, 6) is 1.25. The van der Waals surface area contributed by atoms with Gasteiger partial charge in [0.05, 0.1) is 0 Å². The Hall–Kier alpha value is -2.28. The first-order valence-corrected chi connectivity index (χ1v) is 12.3. The van der Waals surface area contributed by atoms with Gasteiger partial charge >= 0.3 is 12.2 Å². The van der Waals surface area contributed by atoms with E-state index in [0.29, 0.717) is 30.8 Å². The van der Waals surface area contributed by atoms with Crippen LogP contribution in [0.1, 0.15) is 52.0 Å². The first kappa shape index (κ1) is 23.9. The highest BCUT2D eigenvalue weighted by molar-refractivity contribution is 5.69. The number of hydrogen-bond acceptors (Lipinski definition) is 5. The molecule has 1 aromatic carbocycles. The van der Waals surface area contributed by atoms with Crippen LogP contribution in [0.3, 0.4) is 0 Å². The van der Waals surface area contributed by atoms with Gasteiger partial charge in [-0.05, 0) is 69.8 Å². The lowest BCUT2D eigenvalue weighted by Crippen LogP contribution is -2.44. The lowest BCUT2D eigenvalue weighted by atomic mass is 9.98. The fraction of sp³-hybridized carbons (Fsp3) is 0.692. The number of amides is 2. The summed E-state index contributed by atoms with van der Waals surface area (Å²) >= 11 is 0. The minimum atomic E-state index is -0.486. The molecule has 0 spiro atoms. The third kappa shape index (κ3) is 6.40. The predicted molar refractivity (Wildman–Crippen MR) is 125 cm³/mol. The molecular formula is C26H38N2O5. The molecule has 2 saturated heterocycles. The van der Waals surface area contributed by atoms with Crippen molar-refractivity contribution in [1.29, 1.82) is 0 Å². The number of carbonyl (C=O) groups is 2. The second-order valence-corrected chi connectivity index (χ2v) is 10.8. The summed E-state index contributed by atoms with van der Waals surface area (Å²) in [6.45, 7) is 9.64. The Morgan fingerprint density at radius 3 is 2.30 bits per heavy atom. The molecule has 33 heavy (non-hydrogen) atoms. The Balaban J connectivity index is 1.37. The van der Waals surface area contributed by atoms with Gasteiger partial charge in [-0.2, -0.15) is 0 Å². The van der Waals surface area contributed by atoms with E-state index >= 15 is 0 Å². The first-order chi connectivity index (χ1) is 15.8. The molecule has 7 heteroatoms. The summed E-state index contributed by atoms with van der Waals surface area (Å²) in [6, 6.07) is 9.98. The molecule has 0 N–H and O–H groups in total.